The molecule has 28 heavy (non-hydrogen) atoms. The van der Waals surface area contributed by atoms with Gasteiger partial charge in [-0.2, -0.15) is 0 Å². The summed E-state index contributed by atoms with van der Waals surface area (Å²) in [6.45, 7) is 8.07. The summed E-state index contributed by atoms with van der Waals surface area (Å²) in [5.41, 5.74) is 1.30. The summed E-state index contributed by atoms with van der Waals surface area (Å²) in [5.74, 6) is -0.348. The summed E-state index contributed by atoms with van der Waals surface area (Å²) in [5, 5.41) is 13.5. The highest BCUT2D eigenvalue weighted by atomic mass is 16.6. The van der Waals surface area contributed by atoms with E-state index in [1.165, 1.54) is 12.1 Å². The first-order valence-corrected chi connectivity index (χ1v) is 9.01. The van der Waals surface area contributed by atoms with Crippen LogP contribution in [-0.2, 0) is 22.3 Å². The molecule has 2 aromatic rings. The molecular weight excluding hydrogens is 358 g/mol. The van der Waals surface area contributed by atoms with Crippen LogP contribution in [0, 0.1) is 10.1 Å². The van der Waals surface area contributed by atoms with Crippen LogP contribution in [0.15, 0.2) is 48.5 Å². The van der Waals surface area contributed by atoms with Gasteiger partial charge in [0.05, 0.1) is 11.5 Å². The van der Waals surface area contributed by atoms with E-state index in [0.717, 1.165) is 10.5 Å². The largest absolute Gasteiger partial charge is 0.325 e. The maximum absolute atomic E-state index is 13.0. The van der Waals surface area contributed by atoms with Gasteiger partial charge in [0.1, 0.15) is 5.54 Å². The third-order valence-electron chi connectivity index (χ3n) is 5.09. The van der Waals surface area contributed by atoms with E-state index in [2.05, 4.69) is 26.1 Å². The van der Waals surface area contributed by atoms with Crippen molar-refractivity contribution in [3.05, 3.63) is 75.3 Å². The zero-order valence-electron chi connectivity index (χ0n) is 16.4. The fourth-order valence-electron chi connectivity index (χ4n) is 3.25. The maximum Gasteiger partial charge on any atom is 0.325 e. The molecule has 1 saturated heterocycles. The Kier molecular flexibility index (Phi) is 4.71. The number of hydrogen-bond acceptors (Lipinski definition) is 4. The van der Waals surface area contributed by atoms with Gasteiger partial charge in [0.15, 0.2) is 0 Å². The smallest absolute Gasteiger partial charge is 0.319 e. The first-order valence-electron chi connectivity index (χ1n) is 9.01. The lowest BCUT2D eigenvalue weighted by Crippen LogP contribution is -2.40. The molecule has 7 nitrogen and oxygen atoms in total. The molecule has 0 bridgehead atoms. The topological polar surface area (TPSA) is 92.6 Å². The van der Waals surface area contributed by atoms with Crippen LogP contribution in [-0.4, -0.2) is 21.8 Å². The number of urea groups is 1. The first kappa shape index (κ1) is 19.5. The SMILES string of the molecule is CC(C)(C)c1ccc([C@@]2(C)NC(=O)N(Cc3ccc([N+](=O)[O-])cc3)C2=O)cc1. The molecule has 0 saturated carbocycles. The molecule has 1 aliphatic rings. The second-order valence-electron chi connectivity index (χ2n) is 8.20. The van der Waals surface area contributed by atoms with E-state index in [-0.39, 0.29) is 23.6 Å². The van der Waals surface area contributed by atoms with Gasteiger partial charge in [-0.3, -0.25) is 19.8 Å². The quantitative estimate of drug-likeness (QED) is 0.494. The van der Waals surface area contributed by atoms with Gasteiger partial charge in [-0.05, 0) is 29.0 Å². The second kappa shape index (κ2) is 6.74. The molecule has 1 atom stereocenters. The van der Waals surface area contributed by atoms with E-state index < -0.39 is 16.5 Å². The maximum atomic E-state index is 13.0. The molecule has 146 valence electrons. The standard InChI is InChI=1S/C21H23N3O4/c1-20(2,3)15-7-9-16(10-8-15)21(4)18(25)23(19(26)22-21)13-14-5-11-17(12-6-14)24(27)28/h5-12H,13H2,1-4H3,(H,22,26)/t21-/m1/s1. The highest BCUT2D eigenvalue weighted by molar-refractivity contribution is 6.07. The second-order valence-corrected chi connectivity index (χ2v) is 8.20. The Labute approximate surface area is 163 Å². The average molecular weight is 381 g/mol. The number of rotatable bonds is 4. The minimum atomic E-state index is -1.14. The summed E-state index contributed by atoms with van der Waals surface area (Å²) in [6, 6.07) is 13.0. The number of nitro benzene ring substituents is 1. The van der Waals surface area contributed by atoms with Gasteiger partial charge in [-0.15, -0.1) is 0 Å². The Hall–Kier alpha value is -3.22. The number of nitrogens with one attached hydrogen (secondary N) is 1. The Balaban J connectivity index is 1.83. The molecule has 1 heterocycles. The van der Waals surface area contributed by atoms with Crippen LogP contribution in [0.4, 0.5) is 10.5 Å². The highest BCUT2D eigenvalue weighted by Gasteiger charge is 2.48. The van der Waals surface area contributed by atoms with Crippen molar-refractivity contribution in [1.29, 1.82) is 0 Å². The predicted octanol–water partition coefficient (Wildman–Crippen LogP) is 3.86. The van der Waals surface area contributed by atoms with Crippen LogP contribution in [0.5, 0.6) is 0 Å². The number of hydrogen-bond donors (Lipinski definition) is 1. The van der Waals surface area contributed by atoms with Crippen LogP contribution in [0.2, 0.25) is 0 Å². The van der Waals surface area contributed by atoms with E-state index in [9.17, 15) is 19.7 Å². The fourth-order valence-corrected chi connectivity index (χ4v) is 3.25. The Morgan fingerprint density at radius 1 is 1.04 bits per heavy atom. The number of non-ortho nitro benzene ring substituents is 1. The molecule has 1 N–H and O–H groups in total. The predicted molar refractivity (Wildman–Crippen MR) is 105 cm³/mol. The van der Waals surface area contributed by atoms with Gasteiger partial charge < -0.3 is 5.32 Å². The van der Waals surface area contributed by atoms with Gasteiger partial charge in [0.2, 0.25) is 0 Å². The molecule has 7 heteroatoms. The van der Waals surface area contributed by atoms with Gasteiger partial charge in [0.25, 0.3) is 11.6 Å². The third-order valence-corrected chi connectivity index (χ3v) is 5.09. The van der Waals surface area contributed by atoms with Crippen molar-refractivity contribution in [1.82, 2.24) is 10.2 Å². The van der Waals surface area contributed by atoms with E-state index >= 15 is 0 Å². The normalized spacial score (nSPS) is 19.6. The number of carbonyl (C=O) groups is 2. The molecule has 0 aliphatic carbocycles. The van der Waals surface area contributed by atoms with Crippen molar-refractivity contribution in [3.63, 3.8) is 0 Å². The van der Waals surface area contributed by atoms with Gasteiger partial charge in [-0.1, -0.05) is 57.2 Å². The summed E-state index contributed by atoms with van der Waals surface area (Å²) in [6.07, 6.45) is 0. The van der Waals surface area contributed by atoms with Crippen molar-refractivity contribution in [2.24, 2.45) is 0 Å². The van der Waals surface area contributed by atoms with Crippen molar-refractivity contribution >= 4 is 17.6 Å². The Bertz CT molecular complexity index is 930. The zero-order chi connectivity index (χ0) is 20.7. The van der Waals surface area contributed by atoms with Gasteiger partial charge in [-0.25, -0.2) is 4.79 Å². The fraction of sp³-hybridized carbons (Fsp3) is 0.333. The average Bonchev–Trinajstić information content (AvgIpc) is 2.86. The van der Waals surface area contributed by atoms with Gasteiger partial charge in [0, 0.05) is 12.1 Å². The van der Waals surface area contributed by atoms with Crippen molar-refractivity contribution < 1.29 is 14.5 Å². The highest BCUT2D eigenvalue weighted by Crippen LogP contribution is 2.32. The molecule has 3 amide bonds. The van der Waals surface area contributed by atoms with Crippen LogP contribution in [0.25, 0.3) is 0 Å². The van der Waals surface area contributed by atoms with Crippen molar-refractivity contribution in [2.75, 3.05) is 0 Å². The molecule has 2 aromatic carbocycles. The van der Waals surface area contributed by atoms with Crippen molar-refractivity contribution in [2.45, 2.75) is 45.2 Å². The van der Waals surface area contributed by atoms with E-state index in [4.69, 9.17) is 0 Å². The van der Waals surface area contributed by atoms with Crippen LogP contribution in [0.1, 0.15) is 44.4 Å². The molecular formula is C21H23N3O4. The van der Waals surface area contributed by atoms with Crippen LogP contribution >= 0.6 is 0 Å². The number of nitro groups is 1. The molecule has 1 aliphatic heterocycles. The Morgan fingerprint density at radius 3 is 2.11 bits per heavy atom. The lowest BCUT2D eigenvalue weighted by atomic mass is 9.84. The molecule has 0 radical (unpaired) electrons. The van der Waals surface area contributed by atoms with E-state index in [0.29, 0.717) is 11.1 Å². The molecule has 1 fully saturated rings. The summed E-state index contributed by atoms with van der Waals surface area (Å²) >= 11 is 0. The van der Waals surface area contributed by atoms with E-state index in [1.807, 2.05) is 24.3 Å². The Morgan fingerprint density at radius 2 is 1.61 bits per heavy atom. The number of imide groups is 1. The first-order chi connectivity index (χ1) is 13.0. The zero-order valence-corrected chi connectivity index (χ0v) is 16.4. The number of carbonyl (C=O) groups excluding carboxylic acids is 2. The third kappa shape index (κ3) is 3.47. The molecule has 3 rings (SSSR count). The van der Waals surface area contributed by atoms with E-state index in [1.54, 1.807) is 19.1 Å². The molecule has 0 spiro atoms. The van der Waals surface area contributed by atoms with Crippen LogP contribution in [0.3, 0.4) is 0 Å². The molecule has 0 unspecified atom stereocenters. The summed E-state index contributed by atoms with van der Waals surface area (Å²) in [7, 11) is 0. The summed E-state index contributed by atoms with van der Waals surface area (Å²) < 4.78 is 0. The van der Waals surface area contributed by atoms with Crippen LogP contribution < -0.4 is 5.32 Å². The lowest BCUT2D eigenvalue weighted by Gasteiger charge is -2.24. The van der Waals surface area contributed by atoms with Crippen molar-refractivity contribution in [3.8, 4) is 0 Å². The summed E-state index contributed by atoms with van der Waals surface area (Å²) in [4.78, 5) is 36.9. The minimum absolute atomic E-state index is 0.00960. The number of amides is 3. The molecule has 0 aromatic heterocycles. The lowest BCUT2D eigenvalue weighted by molar-refractivity contribution is -0.384. The number of nitrogens with zero attached hydrogens (tertiary/aromatic N) is 2. The number of benzene rings is 2. The monoisotopic (exact) mass is 381 g/mol. The minimum Gasteiger partial charge on any atom is -0.319 e. The van der Waals surface area contributed by atoms with Gasteiger partial charge >= 0.3 is 6.03 Å².